The Morgan fingerprint density at radius 1 is 0.724 bits per heavy atom. The number of hydrogen-bond donors (Lipinski definition) is 4. The average molecular weight is 445 g/mol. The van der Waals surface area contributed by atoms with E-state index in [2.05, 4.69) is 69.2 Å². The number of hydrogen-bond acceptors (Lipinski definition) is 6. The summed E-state index contributed by atoms with van der Waals surface area (Å²) < 4.78 is 0. The molecule has 0 heterocycles. The van der Waals surface area contributed by atoms with Crippen LogP contribution in [0.5, 0.6) is 0 Å². The molecule has 0 aromatic rings. The van der Waals surface area contributed by atoms with E-state index in [0.29, 0.717) is 10.2 Å². The van der Waals surface area contributed by atoms with Gasteiger partial charge in [-0.3, -0.25) is 10.9 Å². The molecule has 0 aromatic heterocycles. The van der Waals surface area contributed by atoms with E-state index in [1.165, 1.54) is 0 Å². The molecule has 0 fully saturated rings. The van der Waals surface area contributed by atoms with Crippen molar-refractivity contribution in [1.29, 1.82) is 0 Å². The van der Waals surface area contributed by atoms with Crippen molar-refractivity contribution in [3.8, 4) is 0 Å². The third-order valence-electron chi connectivity index (χ3n) is 4.59. The highest BCUT2D eigenvalue weighted by Gasteiger charge is 2.04. The first kappa shape index (κ1) is 27.6. The topological polar surface area (TPSA) is 79.3 Å². The Kier molecular flexibility index (Phi) is 16.7. The van der Waals surface area contributed by atoms with Crippen molar-refractivity contribution in [1.82, 2.24) is 31.3 Å². The summed E-state index contributed by atoms with van der Waals surface area (Å²) in [5, 5.41) is 16.1. The average Bonchev–Trinajstić information content (AvgIpc) is 2.73. The molecule has 168 valence electrons. The van der Waals surface area contributed by atoms with Crippen LogP contribution >= 0.6 is 24.4 Å². The molecule has 0 amide bonds. The van der Waals surface area contributed by atoms with Crippen LogP contribution < -0.4 is 21.5 Å². The Hall–Kier alpha value is -1.36. The lowest BCUT2D eigenvalue weighted by Crippen LogP contribution is -2.39. The molecule has 0 rings (SSSR count). The van der Waals surface area contributed by atoms with Gasteiger partial charge in [0.05, 0.1) is 11.4 Å². The summed E-state index contributed by atoms with van der Waals surface area (Å²) in [4.78, 5) is 4.66. The monoisotopic (exact) mass is 444 g/mol. The van der Waals surface area contributed by atoms with Crippen molar-refractivity contribution >= 4 is 46.1 Å². The van der Waals surface area contributed by atoms with Gasteiger partial charge in [-0.25, -0.2) is 0 Å². The molecule has 0 saturated heterocycles. The summed E-state index contributed by atoms with van der Waals surface area (Å²) in [5.74, 6) is 0. The lowest BCUT2D eigenvalue weighted by atomic mass is 10.2. The summed E-state index contributed by atoms with van der Waals surface area (Å²) in [5.41, 5.74) is 7.36. The van der Waals surface area contributed by atoms with Crippen molar-refractivity contribution < 1.29 is 0 Å². The van der Waals surface area contributed by atoms with Gasteiger partial charge in [-0.1, -0.05) is 34.6 Å². The zero-order valence-electron chi connectivity index (χ0n) is 19.0. The molecule has 10 heteroatoms. The van der Waals surface area contributed by atoms with Gasteiger partial charge in [-0.2, -0.15) is 10.2 Å². The van der Waals surface area contributed by atoms with E-state index in [9.17, 15) is 0 Å². The normalized spacial score (nSPS) is 12.3. The number of nitrogens with zero attached hydrogens (tertiary/aromatic N) is 4. The second-order valence-electron chi connectivity index (χ2n) is 6.40. The van der Waals surface area contributed by atoms with Crippen LogP contribution in [0.15, 0.2) is 10.2 Å². The van der Waals surface area contributed by atoms with Crippen LogP contribution in [0.25, 0.3) is 0 Å². The summed E-state index contributed by atoms with van der Waals surface area (Å²) >= 11 is 10.6. The first-order chi connectivity index (χ1) is 13.9. The molecule has 0 atom stereocenters. The quantitative estimate of drug-likeness (QED) is 0.183. The number of likely N-dealkylation sites (N-methyl/N-ethyl adjacent to an activating group) is 2. The van der Waals surface area contributed by atoms with Crippen molar-refractivity contribution in [2.75, 3.05) is 52.4 Å². The van der Waals surface area contributed by atoms with Crippen molar-refractivity contribution in [2.45, 2.75) is 48.0 Å². The van der Waals surface area contributed by atoms with E-state index >= 15 is 0 Å². The van der Waals surface area contributed by atoms with Crippen molar-refractivity contribution in [3.63, 3.8) is 0 Å². The van der Waals surface area contributed by atoms with E-state index in [0.717, 1.165) is 70.2 Å². The first-order valence-electron chi connectivity index (χ1n) is 10.5. The molecule has 0 spiro atoms. The third kappa shape index (κ3) is 13.5. The third-order valence-corrected chi connectivity index (χ3v) is 5.06. The van der Waals surface area contributed by atoms with Gasteiger partial charge in [-0.05, 0) is 64.0 Å². The molecule has 0 aliphatic heterocycles. The zero-order chi connectivity index (χ0) is 22.1. The van der Waals surface area contributed by atoms with E-state index in [-0.39, 0.29) is 0 Å². The molecule has 8 nitrogen and oxygen atoms in total. The zero-order valence-corrected chi connectivity index (χ0v) is 20.6. The standard InChI is InChI=1S/C19H40N8S2/c1-7-17(23-25-19(29)21-13-15-27(10-4)11-5)16(6)22-24-18(28)20-12-14-26(8-2)9-3/h7-15H2,1-6H3,(H2,20,24,28)(H2,21,25,29)/b22-16+,23-17+. The second kappa shape index (κ2) is 17.5. The summed E-state index contributed by atoms with van der Waals surface area (Å²) in [6.45, 7) is 20.1. The van der Waals surface area contributed by atoms with Crippen LogP contribution in [0, 0.1) is 0 Å². The van der Waals surface area contributed by atoms with Crippen LogP contribution in [-0.4, -0.2) is 83.8 Å². The van der Waals surface area contributed by atoms with Gasteiger partial charge >= 0.3 is 0 Å². The van der Waals surface area contributed by atoms with E-state index in [4.69, 9.17) is 24.4 Å². The molecule has 4 N–H and O–H groups in total. The van der Waals surface area contributed by atoms with Crippen LogP contribution in [0.4, 0.5) is 0 Å². The molecule has 0 unspecified atom stereocenters. The maximum Gasteiger partial charge on any atom is 0.187 e. The van der Waals surface area contributed by atoms with Crippen molar-refractivity contribution in [2.24, 2.45) is 10.2 Å². The lowest BCUT2D eigenvalue weighted by molar-refractivity contribution is 0.308. The van der Waals surface area contributed by atoms with Gasteiger partial charge in [0.2, 0.25) is 0 Å². The molecule has 0 aliphatic rings. The van der Waals surface area contributed by atoms with Crippen LogP contribution in [0.3, 0.4) is 0 Å². The lowest BCUT2D eigenvalue weighted by Gasteiger charge is -2.18. The Bertz CT molecular complexity index is 528. The van der Waals surface area contributed by atoms with Gasteiger partial charge in [0.15, 0.2) is 10.2 Å². The Labute approximate surface area is 187 Å². The number of hydrazone groups is 2. The minimum atomic E-state index is 0.508. The maximum absolute atomic E-state index is 5.29. The summed E-state index contributed by atoms with van der Waals surface area (Å²) in [6.07, 6.45) is 0.730. The van der Waals surface area contributed by atoms with Gasteiger partial charge in [0.25, 0.3) is 0 Å². The second-order valence-corrected chi connectivity index (χ2v) is 7.21. The minimum Gasteiger partial charge on any atom is -0.360 e. The Morgan fingerprint density at radius 3 is 1.52 bits per heavy atom. The molecule has 0 bridgehead atoms. The van der Waals surface area contributed by atoms with E-state index in [1.54, 1.807) is 0 Å². The predicted octanol–water partition coefficient (Wildman–Crippen LogP) is 1.74. The number of thiocarbonyl (C=S) groups is 2. The predicted molar refractivity (Wildman–Crippen MR) is 134 cm³/mol. The van der Waals surface area contributed by atoms with Gasteiger partial charge < -0.3 is 20.4 Å². The Morgan fingerprint density at radius 2 is 1.14 bits per heavy atom. The van der Waals surface area contributed by atoms with Crippen LogP contribution in [-0.2, 0) is 0 Å². The van der Waals surface area contributed by atoms with Crippen LogP contribution in [0.1, 0.15) is 48.0 Å². The fourth-order valence-corrected chi connectivity index (χ4v) is 2.84. The fraction of sp³-hybridized carbons (Fsp3) is 0.789. The van der Waals surface area contributed by atoms with Gasteiger partial charge in [-0.15, -0.1) is 0 Å². The van der Waals surface area contributed by atoms with Gasteiger partial charge in [0, 0.05) is 26.2 Å². The molecular weight excluding hydrogens is 404 g/mol. The summed E-state index contributed by atoms with van der Waals surface area (Å²) in [6, 6.07) is 0. The minimum absolute atomic E-state index is 0.508. The molecule has 0 radical (unpaired) electrons. The van der Waals surface area contributed by atoms with E-state index < -0.39 is 0 Å². The highest BCUT2D eigenvalue weighted by Crippen LogP contribution is 1.90. The molecular formula is C19H40N8S2. The molecule has 29 heavy (non-hydrogen) atoms. The van der Waals surface area contributed by atoms with Crippen LogP contribution in [0.2, 0.25) is 0 Å². The molecule has 0 saturated carbocycles. The fourth-order valence-electron chi connectivity index (χ4n) is 2.55. The van der Waals surface area contributed by atoms with E-state index in [1.807, 2.05) is 13.8 Å². The molecule has 0 aromatic carbocycles. The highest BCUT2D eigenvalue weighted by atomic mass is 32.1. The smallest absolute Gasteiger partial charge is 0.187 e. The molecule has 0 aliphatic carbocycles. The highest BCUT2D eigenvalue weighted by molar-refractivity contribution is 7.80. The summed E-state index contributed by atoms with van der Waals surface area (Å²) in [7, 11) is 0. The SMILES string of the molecule is CCC(=N\NC(=S)NCCN(CC)CC)/C(C)=N/NC(=S)NCCN(CC)CC. The van der Waals surface area contributed by atoms with Crippen molar-refractivity contribution in [3.05, 3.63) is 0 Å². The largest absolute Gasteiger partial charge is 0.360 e. The maximum atomic E-state index is 5.29. The first-order valence-corrected chi connectivity index (χ1v) is 11.4. The van der Waals surface area contributed by atoms with Gasteiger partial charge in [0.1, 0.15) is 0 Å². The Balaban J connectivity index is 4.38. The number of rotatable bonds is 14. The number of nitrogens with one attached hydrogen (secondary N) is 4.